The normalized spacial score (nSPS) is 15.4. The van der Waals surface area contributed by atoms with Crippen LogP contribution in [0.5, 0.6) is 5.75 Å². The van der Waals surface area contributed by atoms with Crippen molar-refractivity contribution in [3.63, 3.8) is 0 Å². The highest BCUT2D eigenvalue weighted by Crippen LogP contribution is 2.35. The van der Waals surface area contributed by atoms with Crippen LogP contribution in [-0.2, 0) is 0 Å². The summed E-state index contributed by atoms with van der Waals surface area (Å²) in [5.41, 5.74) is 1.05. The molecule has 2 aromatic heterocycles. The van der Waals surface area contributed by atoms with E-state index in [2.05, 4.69) is 15.3 Å². The van der Waals surface area contributed by atoms with Crippen molar-refractivity contribution in [2.24, 2.45) is 0 Å². The number of carbonyl (C=O) groups excluding carboxylic acids is 1. The van der Waals surface area contributed by atoms with Gasteiger partial charge in [-0.05, 0) is 31.0 Å². The minimum Gasteiger partial charge on any atom is -0.489 e. The predicted molar refractivity (Wildman–Crippen MR) is 128 cm³/mol. The first-order chi connectivity index (χ1) is 17.4. The maximum Gasteiger partial charge on any atom is 0.281 e. The molecule has 0 bridgehead atoms. The first-order valence-corrected chi connectivity index (χ1v) is 12.3. The van der Waals surface area contributed by atoms with Crippen LogP contribution in [0.4, 0.5) is 13.2 Å². The number of benzene rings is 1. The van der Waals surface area contributed by atoms with E-state index >= 15 is 0 Å². The fourth-order valence-corrected chi connectivity index (χ4v) is 5.29. The Morgan fingerprint density at radius 2 is 2.11 bits per heavy atom. The van der Waals surface area contributed by atoms with Gasteiger partial charge in [-0.1, -0.05) is 17.7 Å². The maximum absolute atomic E-state index is 14.2. The number of rotatable bonds is 8. The zero-order chi connectivity index (χ0) is 25.7. The number of hydrogen-bond donors (Lipinski definition) is 1. The molecule has 1 fully saturated rings. The van der Waals surface area contributed by atoms with Crippen LogP contribution >= 0.6 is 22.9 Å². The van der Waals surface area contributed by atoms with E-state index in [0.29, 0.717) is 42.1 Å². The number of carbonyl (C=O) groups is 1. The topological polar surface area (TPSA) is 91.1 Å². The van der Waals surface area contributed by atoms with Gasteiger partial charge in [-0.25, -0.2) is 18.2 Å². The van der Waals surface area contributed by atoms with Gasteiger partial charge in [0, 0.05) is 32.0 Å². The Morgan fingerprint density at radius 3 is 2.81 bits per heavy atom. The van der Waals surface area contributed by atoms with Crippen molar-refractivity contribution in [1.29, 1.82) is 5.26 Å². The summed E-state index contributed by atoms with van der Waals surface area (Å²) in [6, 6.07) is 6.99. The van der Waals surface area contributed by atoms with Crippen LogP contribution in [-0.4, -0.2) is 46.5 Å². The molecular weight excluding hydrogens is 515 g/mol. The van der Waals surface area contributed by atoms with Crippen molar-refractivity contribution in [1.82, 2.24) is 20.2 Å². The fraction of sp³-hybridized carbons (Fsp3) is 0.333. The molecule has 4 rings (SSSR count). The van der Waals surface area contributed by atoms with Gasteiger partial charge in [0.05, 0.1) is 27.0 Å². The summed E-state index contributed by atoms with van der Waals surface area (Å²) < 4.78 is 47.5. The number of aromatic nitrogens is 2. The summed E-state index contributed by atoms with van der Waals surface area (Å²) >= 11 is 7.09. The number of thiazole rings is 1. The summed E-state index contributed by atoms with van der Waals surface area (Å²) in [6.07, 6.45) is 1.16. The molecule has 3 aromatic rings. The Morgan fingerprint density at radius 1 is 1.33 bits per heavy atom. The van der Waals surface area contributed by atoms with Gasteiger partial charge in [0.15, 0.2) is 0 Å². The Balaban J connectivity index is 1.49. The summed E-state index contributed by atoms with van der Waals surface area (Å²) in [6.45, 7) is 0.929. The van der Waals surface area contributed by atoms with Gasteiger partial charge in [-0.2, -0.15) is 5.26 Å². The quantitative estimate of drug-likeness (QED) is 0.429. The van der Waals surface area contributed by atoms with E-state index in [9.17, 15) is 23.2 Å². The molecular formula is C24H21ClF3N5O2S. The number of nitrogens with one attached hydrogen (secondary N) is 1. The van der Waals surface area contributed by atoms with Crippen LogP contribution in [0.25, 0.3) is 0 Å². The van der Waals surface area contributed by atoms with Crippen LogP contribution in [0.1, 0.15) is 51.8 Å². The molecule has 0 radical (unpaired) electrons. The number of piperidine rings is 1. The lowest BCUT2D eigenvalue weighted by Gasteiger charge is -2.37. The molecule has 1 unspecified atom stereocenters. The molecule has 1 atom stereocenters. The number of amides is 1. The number of hydrogen-bond acceptors (Lipinski definition) is 7. The molecule has 0 aliphatic carbocycles. The van der Waals surface area contributed by atoms with Crippen molar-refractivity contribution in [2.45, 2.75) is 31.4 Å². The second-order valence-corrected chi connectivity index (χ2v) is 9.36. The van der Waals surface area contributed by atoms with Crippen LogP contribution in [0.2, 0.25) is 5.02 Å². The molecule has 0 spiro atoms. The lowest BCUT2D eigenvalue weighted by Crippen LogP contribution is -2.44. The number of halogens is 4. The Kier molecular flexibility index (Phi) is 8.40. The van der Waals surface area contributed by atoms with Gasteiger partial charge >= 0.3 is 0 Å². The minimum atomic E-state index is -2.78. The average Bonchev–Trinajstić information content (AvgIpc) is 3.35. The molecule has 3 heterocycles. The number of ether oxygens (including phenoxy) is 1. The van der Waals surface area contributed by atoms with Crippen molar-refractivity contribution in [3.8, 4) is 11.8 Å². The second-order valence-electron chi connectivity index (χ2n) is 8.06. The number of likely N-dealkylation sites (tertiary alicyclic amines) is 1. The van der Waals surface area contributed by atoms with E-state index in [1.165, 1.54) is 23.8 Å². The molecule has 12 heteroatoms. The van der Waals surface area contributed by atoms with Gasteiger partial charge in [-0.15, -0.1) is 11.3 Å². The molecule has 1 amide bonds. The highest BCUT2D eigenvalue weighted by atomic mass is 35.5. The molecule has 1 N–H and O–H groups in total. The molecule has 1 aromatic carbocycles. The standard InChI is InChI=1S/C24H21ClF3N5O2S/c25-16-2-1-3-17(26)20(16)24(34)31-12-18(22-21(23(27)28)32-13-36-22)33-8-5-15(6-9-33)35-19-4-7-30-11-14(19)10-29/h1-4,7,11,13,15,18,23H,5-6,8-9,12H2,(H,31,34). The average molecular weight is 536 g/mol. The number of nitriles is 1. The SMILES string of the molecule is N#Cc1cnccc1OC1CCN(C(CNC(=O)c2c(F)cccc2Cl)c2scnc2C(F)F)CC1. The van der Waals surface area contributed by atoms with E-state index < -0.39 is 24.2 Å². The zero-order valence-corrected chi connectivity index (χ0v) is 20.4. The van der Waals surface area contributed by atoms with E-state index in [4.69, 9.17) is 16.3 Å². The van der Waals surface area contributed by atoms with Gasteiger partial charge in [0.1, 0.15) is 35.0 Å². The van der Waals surface area contributed by atoms with Gasteiger partial charge in [0.25, 0.3) is 12.3 Å². The van der Waals surface area contributed by atoms with Crippen molar-refractivity contribution in [2.75, 3.05) is 19.6 Å². The molecule has 1 aliphatic heterocycles. The summed E-state index contributed by atoms with van der Waals surface area (Å²) in [5, 5.41) is 11.9. The Bertz CT molecular complexity index is 1240. The van der Waals surface area contributed by atoms with Crippen molar-refractivity contribution in [3.05, 3.63) is 74.7 Å². The summed E-state index contributed by atoms with van der Waals surface area (Å²) in [4.78, 5) is 22.8. The molecule has 188 valence electrons. The number of nitrogens with zero attached hydrogens (tertiary/aromatic N) is 4. The first kappa shape index (κ1) is 25.9. The zero-order valence-electron chi connectivity index (χ0n) is 18.8. The predicted octanol–water partition coefficient (Wildman–Crippen LogP) is 5.15. The maximum atomic E-state index is 14.2. The van der Waals surface area contributed by atoms with Crippen LogP contribution in [0.3, 0.4) is 0 Å². The molecule has 7 nitrogen and oxygen atoms in total. The highest BCUT2D eigenvalue weighted by molar-refractivity contribution is 7.09. The van der Waals surface area contributed by atoms with Crippen LogP contribution < -0.4 is 10.1 Å². The largest absolute Gasteiger partial charge is 0.489 e. The Hall–Kier alpha value is -3.20. The molecule has 1 aliphatic rings. The molecule has 1 saturated heterocycles. The monoisotopic (exact) mass is 535 g/mol. The summed E-state index contributed by atoms with van der Waals surface area (Å²) in [5.74, 6) is -1.06. The lowest BCUT2D eigenvalue weighted by molar-refractivity contribution is 0.0701. The smallest absolute Gasteiger partial charge is 0.281 e. The van der Waals surface area contributed by atoms with Crippen molar-refractivity contribution >= 4 is 28.8 Å². The second kappa shape index (κ2) is 11.7. The number of alkyl halides is 2. The third-order valence-electron chi connectivity index (χ3n) is 5.89. The van der Waals surface area contributed by atoms with E-state index in [-0.39, 0.29) is 28.9 Å². The molecule has 0 saturated carbocycles. The highest BCUT2D eigenvalue weighted by Gasteiger charge is 2.32. The van der Waals surface area contributed by atoms with Gasteiger partial charge in [-0.3, -0.25) is 14.7 Å². The molecule has 36 heavy (non-hydrogen) atoms. The lowest BCUT2D eigenvalue weighted by atomic mass is 10.0. The van der Waals surface area contributed by atoms with E-state index in [1.54, 1.807) is 12.3 Å². The van der Waals surface area contributed by atoms with Gasteiger partial charge in [0.2, 0.25) is 0 Å². The van der Waals surface area contributed by atoms with Crippen LogP contribution in [0, 0.1) is 17.1 Å². The third kappa shape index (κ3) is 5.78. The Labute approximate surface area is 214 Å². The van der Waals surface area contributed by atoms with E-state index in [1.807, 2.05) is 11.0 Å². The fourth-order valence-electron chi connectivity index (χ4n) is 4.11. The van der Waals surface area contributed by atoms with Gasteiger partial charge < -0.3 is 10.1 Å². The third-order valence-corrected chi connectivity index (χ3v) is 7.15. The van der Waals surface area contributed by atoms with Crippen molar-refractivity contribution < 1.29 is 22.7 Å². The number of pyridine rings is 1. The summed E-state index contributed by atoms with van der Waals surface area (Å²) in [7, 11) is 0. The first-order valence-electron chi connectivity index (χ1n) is 11.1. The van der Waals surface area contributed by atoms with Crippen LogP contribution in [0.15, 0.2) is 42.2 Å². The van der Waals surface area contributed by atoms with E-state index in [0.717, 1.165) is 17.4 Å². The minimum absolute atomic E-state index is 0.0408.